The third-order valence-electron chi connectivity index (χ3n) is 4.10. The summed E-state index contributed by atoms with van der Waals surface area (Å²) in [5.41, 5.74) is 2.39. The Balaban J connectivity index is 1.86. The molecule has 10 heteroatoms. The maximum absolute atomic E-state index is 14.5. The lowest BCUT2D eigenvalue weighted by molar-refractivity contribution is 0.305. The molecule has 0 aliphatic rings. The van der Waals surface area contributed by atoms with Crippen LogP contribution in [0.25, 0.3) is 22.6 Å². The van der Waals surface area contributed by atoms with E-state index >= 15 is 0 Å². The monoisotopic (exact) mass is 387 g/mol. The Labute approximate surface area is 153 Å². The van der Waals surface area contributed by atoms with Crippen LogP contribution < -0.4 is 0 Å². The number of aromatic nitrogens is 5. The van der Waals surface area contributed by atoms with E-state index < -0.39 is 15.7 Å². The number of pyridine rings is 1. The Morgan fingerprint density at radius 1 is 1.19 bits per heavy atom. The number of sulfone groups is 1. The smallest absolute Gasteiger partial charge is 0.192 e. The summed E-state index contributed by atoms with van der Waals surface area (Å²) in [5, 5.41) is 7.61. The number of nitrogens with zero attached hydrogens (tertiary/aromatic N) is 5. The van der Waals surface area contributed by atoms with Crippen LogP contribution >= 0.6 is 0 Å². The highest BCUT2D eigenvalue weighted by atomic mass is 32.2. The normalized spacial score (nSPS) is 12.0. The van der Waals surface area contributed by atoms with Gasteiger partial charge in [0.05, 0.1) is 12.1 Å². The fraction of sp³-hybridized carbons (Fsp3) is 0.176. The fourth-order valence-corrected chi connectivity index (χ4v) is 3.38. The van der Waals surface area contributed by atoms with E-state index in [9.17, 15) is 12.8 Å². The number of hydrogen-bond donors (Lipinski definition) is 0. The molecule has 0 saturated carbocycles. The Kier molecular flexibility index (Phi) is 3.99. The van der Waals surface area contributed by atoms with E-state index in [1.54, 1.807) is 29.7 Å². The number of para-hydroxylation sites is 1. The Bertz CT molecular complexity index is 1250. The highest BCUT2D eigenvalue weighted by Crippen LogP contribution is 2.28. The van der Waals surface area contributed by atoms with Gasteiger partial charge in [0, 0.05) is 12.5 Å². The van der Waals surface area contributed by atoms with E-state index in [0.717, 1.165) is 6.26 Å². The summed E-state index contributed by atoms with van der Waals surface area (Å²) in [7, 11) is -3.39. The Morgan fingerprint density at radius 2 is 2.00 bits per heavy atom. The fourth-order valence-electron chi connectivity index (χ4n) is 2.82. The molecule has 4 aromatic rings. The van der Waals surface area contributed by atoms with Gasteiger partial charge in [-0.3, -0.25) is 0 Å². The lowest BCUT2D eigenvalue weighted by atomic mass is 10.2. The first-order valence-electron chi connectivity index (χ1n) is 7.94. The number of fused-ring (bicyclic) bond motifs is 1. The largest absolute Gasteiger partial charge is 0.316 e. The maximum Gasteiger partial charge on any atom is 0.192 e. The predicted octanol–water partition coefficient (Wildman–Crippen LogP) is 2.38. The molecular formula is C17H14FN5O3S. The number of imidazole rings is 1. The second kappa shape index (κ2) is 6.23. The topological polar surface area (TPSA) is 104 Å². The third kappa shape index (κ3) is 3.08. The molecule has 0 N–H and O–H groups in total. The molecule has 0 radical (unpaired) electrons. The Hall–Kier alpha value is -3.14. The molecule has 3 heterocycles. The molecule has 0 spiro atoms. The van der Waals surface area contributed by atoms with Gasteiger partial charge in [0.1, 0.15) is 17.0 Å². The SMILES string of the molecule is Cc1nonc1-c1nc2cccc(F)c2n1Cc1ccc(S(C)(=O)=O)nc1. The molecule has 0 saturated heterocycles. The summed E-state index contributed by atoms with van der Waals surface area (Å²) in [4.78, 5) is 8.45. The molecule has 0 aliphatic carbocycles. The van der Waals surface area contributed by atoms with Crippen LogP contribution in [0.2, 0.25) is 0 Å². The van der Waals surface area contributed by atoms with Gasteiger partial charge in [-0.1, -0.05) is 17.3 Å². The standard InChI is InChI=1S/C17H14FN5O3S/c1-10-15(22-26-21-10)17-20-13-5-3-4-12(18)16(13)23(17)9-11-6-7-14(19-8-11)27(2,24)25/h3-8H,9H2,1-2H3. The summed E-state index contributed by atoms with van der Waals surface area (Å²) in [6, 6.07) is 7.68. The van der Waals surface area contributed by atoms with E-state index in [-0.39, 0.29) is 11.6 Å². The first kappa shape index (κ1) is 17.3. The van der Waals surface area contributed by atoms with Gasteiger partial charge in [0.2, 0.25) is 0 Å². The van der Waals surface area contributed by atoms with Gasteiger partial charge in [-0.2, -0.15) is 0 Å². The second-order valence-electron chi connectivity index (χ2n) is 6.10. The highest BCUT2D eigenvalue weighted by molar-refractivity contribution is 7.90. The molecule has 0 aliphatic heterocycles. The van der Waals surface area contributed by atoms with Crippen LogP contribution in [0.3, 0.4) is 0 Å². The van der Waals surface area contributed by atoms with Crippen LogP contribution in [0, 0.1) is 12.7 Å². The van der Waals surface area contributed by atoms with Gasteiger partial charge < -0.3 is 4.57 Å². The lowest BCUT2D eigenvalue weighted by Gasteiger charge is -2.09. The van der Waals surface area contributed by atoms with Crippen molar-refractivity contribution < 1.29 is 17.4 Å². The zero-order valence-corrected chi connectivity index (χ0v) is 15.2. The number of benzene rings is 1. The van der Waals surface area contributed by atoms with E-state index in [1.165, 1.54) is 18.3 Å². The number of halogens is 1. The average molecular weight is 387 g/mol. The second-order valence-corrected chi connectivity index (χ2v) is 8.07. The van der Waals surface area contributed by atoms with E-state index in [4.69, 9.17) is 4.63 Å². The van der Waals surface area contributed by atoms with Gasteiger partial charge in [-0.25, -0.2) is 27.4 Å². The molecule has 0 fully saturated rings. The summed E-state index contributed by atoms with van der Waals surface area (Å²) >= 11 is 0. The van der Waals surface area contributed by atoms with Gasteiger partial charge >= 0.3 is 0 Å². The minimum atomic E-state index is -3.39. The summed E-state index contributed by atoms with van der Waals surface area (Å²) in [6.07, 6.45) is 2.53. The zero-order valence-electron chi connectivity index (χ0n) is 14.4. The van der Waals surface area contributed by atoms with Crippen molar-refractivity contribution in [1.29, 1.82) is 0 Å². The molecule has 0 amide bonds. The average Bonchev–Trinajstić information content (AvgIpc) is 3.19. The van der Waals surface area contributed by atoms with Crippen LogP contribution in [0.4, 0.5) is 4.39 Å². The van der Waals surface area contributed by atoms with Gasteiger partial charge in [0.15, 0.2) is 26.4 Å². The van der Waals surface area contributed by atoms with Crippen molar-refractivity contribution in [2.24, 2.45) is 0 Å². The van der Waals surface area contributed by atoms with Gasteiger partial charge in [-0.15, -0.1) is 0 Å². The molecule has 8 nitrogen and oxygen atoms in total. The van der Waals surface area contributed by atoms with Crippen molar-refractivity contribution in [3.8, 4) is 11.5 Å². The third-order valence-corrected chi connectivity index (χ3v) is 5.10. The molecular weight excluding hydrogens is 373 g/mol. The first-order chi connectivity index (χ1) is 12.8. The number of rotatable bonds is 4. The van der Waals surface area contributed by atoms with Gasteiger partial charge in [0.25, 0.3) is 0 Å². The zero-order chi connectivity index (χ0) is 19.2. The molecule has 4 rings (SSSR count). The van der Waals surface area contributed by atoms with Crippen molar-refractivity contribution >= 4 is 20.9 Å². The number of aryl methyl sites for hydroxylation is 1. The van der Waals surface area contributed by atoms with E-state index in [1.807, 2.05) is 0 Å². The quantitative estimate of drug-likeness (QED) is 0.529. The van der Waals surface area contributed by atoms with Gasteiger partial charge in [-0.05, 0) is 35.8 Å². The molecule has 0 unspecified atom stereocenters. The lowest BCUT2D eigenvalue weighted by Crippen LogP contribution is -2.06. The molecule has 3 aromatic heterocycles. The molecule has 27 heavy (non-hydrogen) atoms. The van der Waals surface area contributed by atoms with E-state index in [0.29, 0.717) is 33.8 Å². The highest BCUT2D eigenvalue weighted by Gasteiger charge is 2.21. The first-order valence-corrected chi connectivity index (χ1v) is 9.83. The van der Waals surface area contributed by atoms with Crippen molar-refractivity contribution in [2.45, 2.75) is 18.5 Å². The summed E-state index contributed by atoms with van der Waals surface area (Å²) < 4.78 is 44.1. The van der Waals surface area contributed by atoms with Crippen LogP contribution in [0.15, 0.2) is 46.2 Å². The minimum Gasteiger partial charge on any atom is -0.316 e. The molecule has 0 atom stereocenters. The predicted molar refractivity (Wildman–Crippen MR) is 94.2 cm³/mol. The van der Waals surface area contributed by atoms with Crippen molar-refractivity contribution in [3.05, 3.63) is 53.6 Å². The molecule has 1 aromatic carbocycles. The Morgan fingerprint density at radius 3 is 2.63 bits per heavy atom. The molecule has 138 valence electrons. The molecule has 0 bridgehead atoms. The van der Waals surface area contributed by atoms with Crippen LogP contribution in [-0.4, -0.2) is 39.5 Å². The van der Waals surface area contributed by atoms with Crippen LogP contribution in [0.1, 0.15) is 11.3 Å². The summed E-state index contributed by atoms with van der Waals surface area (Å²) in [6.45, 7) is 1.93. The van der Waals surface area contributed by atoms with Crippen LogP contribution in [0.5, 0.6) is 0 Å². The van der Waals surface area contributed by atoms with Crippen molar-refractivity contribution in [1.82, 2.24) is 24.8 Å². The van der Waals surface area contributed by atoms with Crippen molar-refractivity contribution in [3.63, 3.8) is 0 Å². The maximum atomic E-state index is 14.5. The minimum absolute atomic E-state index is 0.0234. The summed E-state index contributed by atoms with van der Waals surface area (Å²) in [5.74, 6) is -0.0258. The van der Waals surface area contributed by atoms with E-state index in [2.05, 4.69) is 20.3 Å². The van der Waals surface area contributed by atoms with Crippen molar-refractivity contribution in [2.75, 3.05) is 6.26 Å². The van der Waals surface area contributed by atoms with Crippen LogP contribution in [-0.2, 0) is 16.4 Å². The number of hydrogen-bond acceptors (Lipinski definition) is 7.